The molecule has 1 aliphatic heterocycles. The first-order valence-electron chi connectivity index (χ1n) is 9.15. The molecule has 1 unspecified atom stereocenters. The maximum atomic E-state index is 4.68. The Morgan fingerprint density at radius 3 is 2.48 bits per heavy atom. The second kappa shape index (κ2) is 8.25. The minimum atomic E-state index is -0.0543. The van der Waals surface area contributed by atoms with E-state index >= 15 is 0 Å². The fourth-order valence-electron chi connectivity index (χ4n) is 3.20. The van der Waals surface area contributed by atoms with Crippen LogP contribution in [-0.2, 0) is 0 Å². The van der Waals surface area contributed by atoms with E-state index in [2.05, 4.69) is 88.0 Å². The van der Waals surface area contributed by atoms with Crippen LogP contribution in [0.2, 0.25) is 0 Å². The molecule has 0 aromatic heterocycles. The lowest BCUT2D eigenvalue weighted by atomic mass is 10.1. The quantitative estimate of drug-likeness (QED) is 0.809. The van der Waals surface area contributed by atoms with Crippen molar-refractivity contribution in [3.05, 3.63) is 108 Å². The molecule has 3 heteroatoms. The first kappa shape index (κ1) is 16.9. The summed E-state index contributed by atoms with van der Waals surface area (Å²) in [6.45, 7) is 0. The number of nitrogens with one attached hydrogen (secondary N) is 1. The molecular formula is C24H21N3. The van der Waals surface area contributed by atoms with E-state index in [-0.39, 0.29) is 6.17 Å². The number of rotatable bonds is 3. The van der Waals surface area contributed by atoms with Crippen molar-refractivity contribution in [3.8, 4) is 11.8 Å². The molecule has 0 saturated heterocycles. The van der Waals surface area contributed by atoms with Gasteiger partial charge in [0.2, 0.25) is 0 Å². The van der Waals surface area contributed by atoms with E-state index in [9.17, 15) is 0 Å². The van der Waals surface area contributed by atoms with Gasteiger partial charge in [0.15, 0.2) is 5.84 Å². The van der Waals surface area contributed by atoms with Gasteiger partial charge in [-0.1, -0.05) is 96.8 Å². The number of allylic oxidation sites excluding steroid dienone is 5. The highest BCUT2D eigenvalue weighted by molar-refractivity contribution is 6.00. The summed E-state index contributed by atoms with van der Waals surface area (Å²) < 4.78 is 0. The van der Waals surface area contributed by atoms with Crippen molar-refractivity contribution in [3.63, 3.8) is 0 Å². The van der Waals surface area contributed by atoms with Crippen molar-refractivity contribution in [2.45, 2.75) is 19.0 Å². The summed E-state index contributed by atoms with van der Waals surface area (Å²) in [6, 6.07) is 20.7. The number of nitrogens with zero attached hydrogens (tertiary/aromatic N) is 2. The summed E-state index contributed by atoms with van der Waals surface area (Å²) in [4.78, 5) is 2.26. The minimum absolute atomic E-state index is 0.0543. The second-order valence-corrected chi connectivity index (χ2v) is 6.34. The molecule has 0 radical (unpaired) electrons. The van der Waals surface area contributed by atoms with Crippen molar-refractivity contribution in [2.24, 2.45) is 5.10 Å². The lowest BCUT2D eigenvalue weighted by Gasteiger charge is -2.29. The summed E-state index contributed by atoms with van der Waals surface area (Å²) in [5, 5.41) is 4.68. The Kier molecular flexibility index (Phi) is 5.17. The first-order valence-corrected chi connectivity index (χ1v) is 9.15. The van der Waals surface area contributed by atoms with E-state index in [4.69, 9.17) is 0 Å². The average Bonchev–Trinajstić information content (AvgIpc) is 3.18. The summed E-state index contributed by atoms with van der Waals surface area (Å²) in [5.74, 6) is 7.30. The van der Waals surface area contributed by atoms with Gasteiger partial charge in [-0.2, -0.15) is 5.10 Å². The van der Waals surface area contributed by atoms with Gasteiger partial charge in [0.1, 0.15) is 6.17 Å². The highest BCUT2D eigenvalue weighted by atomic mass is 15.5. The van der Waals surface area contributed by atoms with E-state index in [1.54, 1.807) is 0 Å². The van der Waals surface area contributed by atoms with Gasteiger partial charge < -0.3 is 4.90 Å². The average molecular weight is 351 g/mol. The molecule has 1 aliphatic carbocycles. The molecule has 1 N–H and O–H groups in total. The highest BCUT2D eigenvalue weighted by Crippen LogP contribution is 2.31. The topological polar surface area (TPSA) is 27.6 Å². The van der Waals surface area contributed by atoms with E-state index in [0.29, 0.717) is 0 Å². The van der Waals surface area contributed by atoms with E-state index in [1.807, 2.05) is 30.3 Å². The molecular weight excluding hydrogens is 330 g/mol. The number of benzene rings is 2. The molecule has 132 valence electrons. The Balaban J connectivity index is 1.76. The number of hydrogen-bond acceptors (Lipinski definition) is 3. The molecule has 2 aromatic carbocycles. The Morgan fingerprint density at radius 1 is 0.926 bits per heavy atom. The van der Waals surface area contributed by atoms with Crippen molar-refractivity contribution in [1.29, 1.82) is 0 Å². The van der Waals surface area contributed by atoms with Gasteiger partial charge in [-0.05, 0) is 5.56 Å². The van der Waals surface area contributed by atoms with Gasteiger partial charge in [-0.3, -0.25) is 5.43 Å². The molecule has 3 nitrogen and oxygen atoms in total. The van der Waals surface area contributed by atoms with Gasteiger partial charge >= 0.3 is 0 Å². The first-order chi connectivity index (χ1) is 13.4. The normalized spacial score (nSPS) is 21.2. The Labute approximate surface area is 160 Å². The van der Waals surface area contributed by atoms with Crippen LogP contribution in [0, 0.1) is 11.8 Å². The zero-order valence-electron chi connectivity index (χ0n) is 15.0. The van der Waals surface area contributed by atoms with Crippen LogP contribution in [0.3, 0.4) is 0 Å². The van der Waals surface area contributed by atoms with Crippen LogP contribution in [0.5, 0.6) is 0 Å². The maximum Gasteiger partial charge on any atom is 0.162 e. The van der Waals surface area contributed by atoms with Crippen LogP contribution in [0.15, 0.2) is 102 Å². The zero-order valence-corrected chi connectivity index (χ0v) is 15.0. The molecule has 27 heavy (non-hydrogen) atoms. The molecule has 2 aliphatic rings. The zero-order chi connectivity index (χ0) is 18.3. The molecule has 2 aromatic rings. The molecule has 1 heterocycles. The van der Waals surface area contributed by atoms with Crippen LogP contribution < -0.4 is 5.43 Å². The maximum absolute atomic E-state index is 4.68. The van der Waals surface area contributed by atoms with Crippen LogP contribution in [0.4, 0.5) is 0 Å². The Hall–Kier alpha value is -3.51. The summed E-state index contributed by atoms with van der Waals surface area (Å²) in [5.41, 5.74) is 6.69. The van der Waals surface area contributed by atoms with Crippen molar-refractivity contribution in [2.75, 3.05) is 0 Å². The van der Waals surface area contributed by atoms with Gasteiger partial charge in [0.25, 0.3) is 0 Å². The molecule has 0 bridgehead atoms. The van der Waals surface area contributed by atoms with Gasteiger partial charge in [-0.15, -0.1) is 0 Å². The van der Waals surface area contributed by atoms with Gasteiger partial charge in [0.05, 0.1) is 0 Å². The summed E-state index contributed by atoms with van der Waals surface area (Å²) >= 11 is 0. The Bertz CT molecular complexity index is 957. The third-order valence-corrected chi connectivity index (χ3v) is 4.51. The van der Waals surface area contributed by atoms with Crippen molar-refractivity contribution < 1.29 is 0 Å². The third-order valence-electron chi connectivity index (χ3n) is 4.51. The SMILES string of the molecule is C1#CC/C=C\C=C/CC(N2C(c3ccccc3)=NNC2c2ccccc2)=C1. The lowest BCUT2D eigenvalue weighted by Crippen LogP contribution is -2.33. The monoisotopic (exact) mass is 351 g/mol. The molecule has 0 spiro atoms. The molecule has 0 fully saturated rings. The summed E-state index contributed by atoms with van der Waals surface area (Å²) in [7, 11) is 0. The van der Waals surface area contributed by atoms with E-state index in [0.717, 1.165) is 29.9 Å². The Morgan fingerprint density at radius 2 is 1.67 bits per heavy atom. The van der Waals surface area contributed by atoms with Crippen molar-refractivity contribution in [1.82, 2.24) is 10.3 Å². The highest BCUT2D eigenvalue weighted by Gasteiger charge is 2.31. The fourth-order valence-corrected chi connectivity index (χ4v) is 3.20. The van der Waals surface area contributed by atoms with E-state index < -0.39 is 0 Å². The fraction of sp³-hybridized carbons (Fsp3) is 0.125. The predicted molar refractivity (Wildman–Crippen MR) is 111 cm³/mol. The van der Waals surface area contributed by atoms with Crippen LogP contribution in [0.25, 0.3) is 0 Å². The smallest absolute Gasteiger partial charge is 0.162 e. The van der Waals surface area contributed by atoms with Crippen LogP contribution in [-0.4, -0.2) is 10.7 Å². The lowest BCUT2D eigenvalue weighted by molar-refractivity contribution is 0.362. The van der Waals surface area contributed by atoms with Crippen LogP contribution in [0.1, 0.15) is 30.1 Å². The second-order valence-electron chi connectivity index (χ2n) is 6.34. The summed E-state index contributed by atoms with van der Waals surface area (Å²) in [6.07, 6.45) is 11.9. The van der Waals surface area contributed by atoms with Crippen molar-refractivity contribution >= 4 is 5.84 Å². The molecule has 0 amide bonds. The third kappa shape index (κ3) is 3.86. The number of amidine groups is 1. The standard InChI is InChI=1S/C24H21N3/c1-2-4-12-18-22(19-13-5-3-1)27-23(20-14-8-6-9-15-20)25-26-24(27)21-16-10-7-11-17-21/h1-2,4,6-12,14-17,19,23,25H,3,18H2/b2-1-,12-4-,22-19?. The molecule has 1 atom stereocenters. The predicted octanol–water partition coefficient (Wildman–Crippen LogP) is 4.75. The van der Waals surface area contributed by atoms with Gasteiger partial charge in [0, 0.05) is 30.2 Å². The van der Waals surface area contributed by atoms with E-state index in [1.165, 1.54) is 5.56 Å². The van der Waals surface area contributed by atoms with Crippen LogP contribution >= 0.6 is 0 Å². The molecule has 4 rings (SSSR count). The number of hydrazone groups is 1. The molecule has 0 saturated carbocycles. The number of hydrogen-bond donors (Lipinski definition) is 1. The minimum Gasteiger partial charge on any atom is -0.301 e. The van der Waals surface area contributed by atoms with Gasteiger partial charge in [-0.25, -0.2) is 0 Å². The largest absolute Gasteiger partial charge is 0.301 e.